The number of rotatable bonds is 26. The molecule has 24 nitrogen and oxygen atoms in total. The average Bonchev–Trinajstić information content (AvgIpc) is 1.82. The Kier molecular flexibility index (Phi) is 20.2. The zero-order chi connectivity index (χ0) is 60.6. The molecule has 0 saturated carbocycles. The molecule has 2 unspecified atom stereocenters. The van der Waals surface area contributed by atoms with E-state index in [2.05, 4.69) is 35.2 Å². The Bertz CT molecular complexity index is 3500. The van der Waals surface area contributed by atoms with E-state index < -0.39 is 88.5 Å². The van der Waals surface area contributed by atoms with Crippen molar-refractivity contribution >= 4 is 51.1 Å². The Morgan fingerprint density at radius 1 is 0.741 bits per heavy atom. The number of fused-ring (bicyclic) bond motifs is 1. The minimum Gasteiger partial charge on any atom is -0.497 e. The van der Waals surface area contributed by atoms with Crippen molar-refractivity contribution in [1.29, 1.82) is 0 Å². The van der Waals surface area contributed by atoms with Gasteiger partial charge >= 0.3 is 13.5 Å². The normalized spacial score (nSPS) is 20.1. The van der Waals surface area contributed by atoms with E-state index in [1.807, 2.05) is 107 Å². The average molecular weight is 1210 g/mol. The number of methoxy groups -OCH3 is 2. The molecule has 9 rings (SSSR count). The largest absolute Gasteiger partial charge is 0.497 e. The molecule has 0 radical (unpaired) electrons. The standard InChI is InChI=1S/C59H71N9O15P2/c1-36(2)54(69)64-57-63-53-52(56(71)65-57)60-35-67(53)51-31-45(82-84(76-9)68(37(3)4)38(5)6)48(81-51)34-79-85(73,77-10)83-46-32-50(66-30-29-49(62-58(66)72)61-55(70)39-17-13-11-14-18-39)80-47(46)33-78-59(40-19-15-12-16-20-40,41-21-25-43(74-7)26-22-41)42-23-27-44(75-8)28-24-42/h11-30,35-38,45-48,50-51H,31-34H2,1-10H3,(H,61,62,70,72)(H2,63,64,65,69,71)/t45-,46-,47+,48+,50+,51+,84?,85?/m0/s1. The Balaban J connectivity index is 1.05. The van der Waals surface area contributed by atoms with E-state index in [4.69, 9.17) is 46.3 Å². The lowest BCUT2D eigenvalue weighted by Crippen LogP contribution is -2.38. The molecular formula is C59H71N9O15P2. The number of aromatic nitrogens is 6. The van der Waals surface area contributed by atoms with Gasteiger partial charge in [0.05, 0.1) is 39.9 Å². The van der Waals surface area contributed by atoms with Gasteiger partial charge in [-0.05, 0) is 86.8 Å². The van der Waals surface area contributed by atoms with E-state index in [9.17, 15) is 19.2 Å². The summed E-state index contributed by atoms with van der Waals surface area (Å²) in [6, 6.07) is 34.5. The second kappa shape index (κ2) is 27.5. The third-order valence-electron chi connectivity index (χ3n) is 14.4. The summed E-state index contributed by atoms with van der Waals surface area (Å²) in [6.07, 6.45) is -3.12. The molecular weight excluding hydrogens is 1140 g/mol. The summed E-state index contributed by atoms with van der Waals surface area (Å²) in [5.41, 5.74) is -0.0167. The quantitative estimate of drug-likeness (QED) is 0.0336. The molecule has 2 aliphatic heterocycles. The highest BCUT2D eigenvalue weighted by Gasteiger charge is 2.48. The van der Waals surface area contributed by atoms with E-state index >= 15 is 4.57 Å². The SMILES string of the molecule is COc1ccc(C(OC[C@H]2O[C@@H](n3ccc(NC(=O)c4ccccc4)nc3=O)C[C@@H]2OP(=O)(OC)OC[C@H]2O[C@@H](n3cnc4c(=O)[nH]c(NC(=O)C(C)C)nc43)C[C@@H]2OP(OC)N(C(C)C)C(C)C)(c2ccccc2)c2ccc(OC)cc2)cc1. The first kappa shape index (κ1) is 62.5. The summed E-state index contributed by atoms with van der Waals surface area (Å²) in [5, 5.41) is 5.32. The Morgan fingerprint density at radius 2 is 1.32 bits per heavy atom. The van der Waals surface area contributed by atoms with Crippen molar-refractivity contribution in [3.8, 4) is 11.5 Å². The first-order valence-corrected chi connectivity index (χ1v) is 30.3. The third-order valence-corrected chi connectivity index (χ3v) is 17.9. The molecule has 2 amide bonds. The summed E-state index contributed by atoms with van der Waals surface area (Å²) in [7, 11) is -0.481. The van der Waals surface area contributed by atoms with Gasteiger partial charge in [0.2, 0.25) is 11.9 Å². The smallest absolute Gasteiger partial charge is 0.474 e. The van der Waals surface area contributed by atoms with Crippen LogP contribution < -0.4 is 31.4 Å². The monoisotopic (exact) mass is 1210 g/mol. The maximum absolute atomic E-state index is 15.2. The van der Waals surface area contributed by atoms with Crippen LogP contribution in [-0.4, -0.2) is 124 Å². The van der Waals surface area contributed by atoms with Crippen LogP contribution in [0.2, 0.25) is 0 Å². The number of nitrogens with one attached hydrogen (secondary N) is 3. The van der Waals surface area contributed by atoms with Crippen LogP contribution in [0.4, 0.5) is 11.8 Å². The van der Waals surface area contributed by atoms with E-state index in [1.54, 1.807) is 70.1 Å². The molecule has 0 spiro atoms. The maximum Gasteiger partial charge on any atom is 0.474 e. The van der Waals surface area contributed by atoms with Gasteiger partial charge in [0, 0.05) is 56.8 Å². The zero-order valence-electron chi connectivity index (χ0n) is 48.9. The number of aromatic amines is 1. The fourth-order valence-corrected chi connectivity index (χ4v) is 12.9. The fraction of sp³-hybridized carbons (Fsp3) is 0.407. The highest BCUT2D eigenvalue weighted by molar-refractivity contribution is 7.48. The lowest BCUT2D eigenvalue weighted by molar-refractivity contribution is -0.118. The number of hydrogen-bond donors (Lipinski definition) is 3. The highest BCUT2D eigenvalue weighted by atomic mass is 31.2. The number of carbonyl (C=O) groups is 2. The third kappa shape index (κ3) is 14.1. The van der Waals surface area contributed by atoms with E-state index in [1.165, 1.54) is 30.3 Å². The van der Waals surface area contributed by atoms with Crippen molar-refractivity contribution in [2.24, 2.45) is 5.92 Å². The predicted molar refractivity (Wildman–Crippen MR) is 316 cm³/mol. The van der Waals surface area contributed by atoms with Crippen molar-refractivity contribution in [1.82, 2.24) is 33.7 Å². The van der Waals surface area contributed by atoms with Crippen molar-refractivity contribution in [2.45, 2.75) is 109 Å². The highest BCUT2D eigenvalue weighted by Crippen LogP contribution is 2.55. The topological polar surface area (TPSA) is 269 Å². The molecule has 2 aliphatic rings. The molecule has 7 aromatic rings. The van der Waals surface area contributed by atoms with Gasteiger partial charge in [-0.3, -0.25) is 47.4 Å². The summed E-state index contributed by atoms with van der Waals surface area (Å²) >= 11 is 0. The molecule has 5 heterocycles. The first-order chi connectivity index (χ1) is 40.9. The molecule has 452 valence electrons. The van der Waals surface area contributed by atoms with Gasteiger partial charge in [0.1, 0.15) is 53.7 Å². The van der Waals surface area contributed by atoms with Gasteiger partial charge < -0.3 is 38.0 Å². The first-order valence-electron chi connectivity index (χ1n) is 27.7. The van der Waals surface area contributed by atoms with Gasteiger partial charge in [-0.2, -0.15) is 9.97 Å². The number of phosphoric ester groups is 1. The van der Waals surface area contributed by atoms with Gasteiger partial charge in [0.15, 0.2) is 11.2 Å². The van der Waals surface area contributed by atoms with Crippen LogP contribution in [0.5, 0.6) is 11.5 Å². The van der Waals surface area contributed by atoms with Crippen molar-refractivity contribution in [3.63, 3.8) is 0 Å². The van der Waals surface area contributed by atoms with Crippen LogP contribution in [0.15, 0.2) is 137 Å². The molecule has 4 aromatic carbocycles. The van der Waals surface area contributed by atoms with Crippen LogP contribution in [0.1, 0.15) is 93.9 Å². The number of ether oxygens (including phenoxy) is 5. The lowest BCUT2D eigenvalue weighted by atomic mass is 9.80. The van der Waals surface area contributed by atoms with Crippen molar-refractivity contribution < 1.29 is 60.5 Å². The van der Waals surface area contributed by atoms with Crippen LogP contribution in [0.25, 0.3) is 11.2 Å². The predicted octanol–water partition coefficient (Wildman–Crippen LogP) is 9.36. The number of amides is 2. The van der Waals surface area contributed by atoms with Gasteiger partial charge in [-0.25, -0.2) is 19.0 Å². The van der Waals surface area contributed by atoms with E-state index in [0.29, 0.717) is 17.1 Å². The van der Waals surface area contributed by atoms with E-state index in [0.717, 1.165) is 16.7 Å². The lowest BCUT2D eigenvalue weighted by Gasteiger charge is -2.37. The van der Waals surface area contributed by atoms with Crippen LogP contribution in [0, 0.1) is 5.92 Å². The number of anilines is 2. The number of phosphoric acid groups is 1. The number of hydrogen-bond acceptors (Lipinski definition) is 19. The van der Waals surface area contributed by atoms with E-state index in [-0.39, 0.29) is 60.4 Å². The molecule has 2 saturated heterocycles. The Hall–Kier alpha value is -7.05. The minimum absolute atomic E-state index is 0.000949. The zero-order valence-corrected chi connectivity index (χ0v) is 50.6. The molecule has 3 N–H and O–H groups in total. The molecule has 3 aromatic heterocycles. The summed E-state index contributed by atoms with van der Waals surface area (Å²) in [6.45, 7) is 10.9. The van der Waals surface area contributed by atoms with Gasteiger partial charge in [-0.1, -0.05) is 86.6 Å². The number of H-pyrrole nitrogens is 1. The minimum atomic E-state index is -4.65. The number of imidazole rings is 1. The number of carbonyl (C=O) groups excluding carboxylic acids is 2. The van der Waals surface area contributed by atoms with Crippen molar-refractivity contribution in [3.05, 3.63) is 171 Å². The Labute approximate surface area is 493 Å². The summed E-state index contributed by atoms with van der Waals surface area (Å²) < 4.78 is 83.2. The fourth-order valence-electron chi connectivity index (χ4n) is 10.2. The van der Waals surface area contributed by atoms with Crippen LogP contribution in [-0.2, 0) is 51.8 Å². The molecule has 0 bridgehead atoms. The maximum atomic E-state index is 15.2. The molecule has 26 heteroatoms. The Morgan fingerprint density at radius 3 is 1.88 bits per heavy atom. The summed E-state index contributed by atoms with van der Waals surface area (Å²) in [5.74, 6) is -0.0610. The molecule has 2 fully saturated rings. The number of benzene rings is 4. The second-order valence-corrected chi connectivity index (χ2v) is 24.2. The van der Waals surface area contributed by atoms with Crippen molar-refractivity contribution in [2.75, 3.05) is 52.3 Å². The molecule has 0 aliphatic carbocycles. The van der Waals surface area contributed by atoms with Crippen LogP contribution >= 0.6 is 16.3 Å². The second-order valence-electron chi connectivity index (χ2n) is 21.0. The van der Waals surface area contributed by atoms with Gasteiger partial charge in [-0.15, -0.1) is 0 Å². The summed E-state index contributed by atoms with van der Waals surface area (Å²) in [4.78, 5) is 68.7. The van der Waals surface area contributed by atoms with Gasteiger partial charge in [0.25, 0.3) is 20.0 Å². The number of nitrogens with zero attached hydrogens (tertiary/aromatic N) is 6. The molecule has 8 atom stereocenters. The van der Waals surface area contributed by atoms with Crippen LogP contribution in [0.3, 0.4) is 0 Å². The molecule has 85 heavy (non-hydrogen) atoms.